The first kappa shape index (κ1) is 77.7. The minimum absolute atomic E-state index is 0. The van der Waals surface area contributed by atoms with Crippen molar-refractivity contribution in [1.82, 2.24) is 69.7 Å². The fourth-order valence-electron chi connectivity index (χ4n) is 10.0. The topological polar surface area (TPSA) is 241 Å². The molecule has 0 saturated carbocycles. The van der Waals surface area contributed by atoms with E-state index in [0.717, 1.165) is 116 Å². The van der Waals surface area contributed by atoms with Gasteiger partial charge in [-0.25, -0.2) is 61.5 Å². The highest BCUT2D eigenvalue weighted by atomic mass is 35.5. The van der Waals surface area contributed by atoms with Gasteiger partial charge in [-0.05, 0) is 58.6 Å². The monoisotopic (exact) mass is 1440 g/mol. The number of rotatable bonds is 13. The van der Waals surface area contributed by atoms with Crippen LogP contribution in [0.1, 0.15) is 36.1 Å². The summed E-state index contributed by atoms with van der Waals surface area (Å²) in [6.45, 7) is 17.1. The number of urea groups is 2. The van der Waals surface area contributed by atoms with Crippen molar-refractivity contribution in [3.05, 3.63) is 123 Å². The molecule has 37 heteroatoms. The van der Waals surface area contributed by atoms with Gasteiger partial charge in [0.15, 0.2) is 11.0 Å². The number of amides is 4. The molecular weight excluding hydrogens is 1370 g/mol. The van der Waals surface area contributed by atoms with Crippen molar-refractivity contribution in [2.45, 2.75) is 24.9 Å². The highest BCUT2D eigenvalue weighted by Crippen LogP contribution is 2.32. The molecule has 0 aliphatic carbocycles. The van der Waals surface area contributed by atoms with Gasteiger partial charge in [-0.2, -0.15) is 55.9 Å². The number of hydrogen-bond donors (Lipinski definition) is 2. The number of morpholine rings is 3. The Hall–Kier alpha value is -6.28. The largest absolute Gasteiger partial charge is 0.474 e. The summed E-state index contributed by atoms with van der Waals surface area (Å²) in [5, 5.41) is 22.2. The van der Waals surface area contributed by atoms with E-state index in [0.29, 0.717) is 109 Å². The van der Waals surface area contributed by atoms with E-state index in [2.05, 4.69) is 60.1 Å². The first-order valence-corrected chi connectivity index (χ1v) is 31.0. The maximum Gasteiger partial charge on any atom is 0.341 e. The summed E-state index contributed by atoms with van der Waals surface area (Å²) < 4.78 is 120. The van der Waals surface area contributed by atoms with Crippen molar-refractivity contribution in [2.24, 2.45) is 10.2 Å². The minimum atomic E-state index is -0.702. The molecule has 3 aromatic heterocycles. The second kappa shape index (κ2) is 40.4. The second-order valence-electron chi connectivity index (χ2n) is 21.1. The number of halogens is 10. The summed E-state index contributed by atoms with van der Waals surface area (Å²) in [4.78, 5) is 59.6. The molecule has 7 aliphatic rings. The van der Waals surface area contributed by atoms with Crippen molar-refractivity contribution < 1.29 is 69.1 Å². The van der Waals surface area contributed by atoms with Crippen molar-refractivity contribution in [2.75, 3.05) is 176 Å². The maximum atomic E-state index is 14.2. The lowest BCUT2D eigenvalue weighted by Crippen LogP contribution is -2.52. The van der Waals surface area contributed by atoms with Crippen molar-refractivity contribution in [3.63, 3.8) is 0 Å². The maximum absolute atomic E-state index is 14.2. The van der Waals surface area contributed by atoms with Crippen LogP contribution in [-0.2, 0) is 14.2 Å². The zero-order chi connectivity index (χ0) is 66.1. The molecular formula is C58H75Cl3F7N17O8S2. The fraction of sp³-hybridized carbons (Fsp3) is 0.517. The van der Waals surface area contributed by atoms with E-state index in [-0.39, 0.29) is 73.1 Å². The molecule has 10 heterocycles. The number of hydrogen-bond acceptors (Lipinski definition) is 21. The molecule has 4 amide bonds. The van der Waals surface area contributed by atoms with Crippen LogP contribution >= 0.6 is 61.8 Å². The molecule has 0 spiro atoms. The number of aliphatic hydroxyl groups excluding tert-OH is 1. The average molecular weight is 1440 g/mol. The number of benzene rings is 2. The Kier molecular flexibility index (Phi) is 33.1. The lowest BCUT2D eigenvalue weighted by atomic mass is 10.0. The molecule has 5 aromatic rings. The second-order valence-corrected chi connectivity index (χ2v) is 22.2. The van der Waals surface area contributed by atoms with E-state index >= 15 is 0 Å². The number of hydrazone groups is 2. The third-order valence-electron chi connectivity index (χ3n) is 14.9. The number of carbonyl (C=O) groups is 2. The summed E-state index contributed by atoms with van der Waals surface area (Å²) >= 11 is 16.0. The Balaban J connectivity index is 0.000000208. The smallest absolute Gasteiger partial charge is 0.341 e. The van der Waals surface area contributed by atoms with E-state index in [1.807, 2.05) is 4.90 Å². The van der Waals surface area contributed by atoms with Gasteiger partial charge in [-0.1, -0.05) is 11.6 Å². The normalized spacial score (nSPS) is 18.9. The molecule has 0 radical (unpaired) electrons. The fourth-order valence-corrected chi connectivity index (χ4v) is 10.5. The zero-order valence-electron chi connectivity index (χ0n) is 51.5. The van der Waals surface area contributed by atoms with Gasteiger partial charge in [-0.3, -0.25) is 14.7 Å². The number of aromatic nitrogens is 6. The molecule has 2 aromatic carbocycles. The molecule has 0 unspecified atom stereocenters. The first-order valence-electron chi connectivity index (χ1n) is 29.9. The molecule has 5 fully saturated rings. The lowest BCUT2D eigenvalue weighted by molar-refractivity contribution is 0.0306. The van der Waals surface area contributed by atoms with Gasteiger partial charge in [0.25, 0.3) is 11.8 Å². The number of piperazine rings is 2. The lowest BCUT2D eigenvalue weighted by Gasteiger charge is -2.37. The highest BCUT2D eigenvalue weighted by molar-refractivity contribution is 7.59. The SMILES string of the molecule is Fc1cnc(Cl)nc1Cl.Fc1cnc(Cl)nc1OCCN1CCOCC1.O=C(N1CCN(c2ncc(F)c(OCCN3CCOCC3)n2)CC1)N1N=CC[C@H]1c1cc(F)cc(F)c1.O=C(N1CCNCC1)N1N=CC[C@H]1c1cc(F)cc(F)c1.OCCN1CCOCC1.S.S. The third kappa shape index (κ3) is 24.6. The van der Waals surface area contributed by atoms with Crippen LogP contribution in [0.2, 0.25) is 15.7 Å². The first-order chi connectivity index (χ1) is 45.0. The Morgan fingerprint density at radius 2 is 0.916 bits per heavy atom. The van der Waals surface area contributed by atoms with Crippen molar-refractivity contribution >= 4 is 92.2 Å². The molecule has 5 saturated heterocycles. The van der Waals surface area contributed by atoms with Crippen LogP contribution in [0.3, 0.4) is 0 Å². The highest BCUT2D eigenvalue weighted by Gasteiger charge is 2.35. The predicted octanol–water partition coefficient (Wildman–Crippen LogP) is 6.44. The van der Waals surface area contributed by atoms with Gasteiger partial charge in [0, 0.05) is 149 Å². The van der Waals surface area contributed by atoms with Crippen LogP contribution in [0.15, 0.2) is 65.2 Å². The summed E-state index contributed by atoms with van der Waals surface area (Å²) in [5.74, 6) is -4.48. The zero-order valence-corrected chi connectivity index (χ0v) is 55.8. The predicted molar refractivity (Wildman–Crippen MR) is 349 cm³/mol. The van der Waals surface area contributed by atoms with Gasteiger partial charge in [-0.15, -0.1) is 0 Å². The summed E-state index contributed by atoms with van der Waals surface area (Å²) in [7, 11) is 0. The molecule has 7 aliphatic heterocycles. The molecule has 2 atom stereocenters. The number of ether oxygens (including phenoxy) is 5. The summed E-state index contributed by atoms with van der Waals surface area (Å²) in [6.07, 6.45) is 7.00. The average Bonchev–Trinajstić information content (AvgIpc) is 1.87. The van der Waals surface area contributed by atoms with Crippen LogP contribution in [0.5, 0.6) is 11.8 Å². The molecule has 95 heavy (non-hydrogen) atoms. The van der Waals surface area contributed by atoms with E-state index in [9.17, 15) is 40.3 Å². The molecule has 12 rings (SSSR count). The minimum Gasteiger partial charge on any atom is -0.474 e. The van der Waals surface area contributed by atoms with Crippen molar-refractivity contribution in [1.29, 1.82) is 0 Å². The molecule has 2 N–H and O–H groups in total. The number of aliphatic hydroxyl groups is 1. The molecule has 0 bridgehead atoms. The quantitative estimate of drug-likeness (QED) is 0.0732. The van der Waals surface area contributed by atoms with Gasteiger partial charge in [0.05, 0.1) is 76.9 Å². The van der Waals surface area contributed by atoms with Crippen LogP contribution in [0, 0.1) is 40.7 Å². The number of nitrogens with one attached hydrogen (secondary N) is 1. The third-order valence-corrected chi connectivity index (χ3v) is 15.5. The van der Waals surface area contributed by atoms with Crippen molar-refractivity contribution in [3.8, 4) is 11.8 Å². The van der Waals surface area contributed by atoms with E-state index in [1.165, 1.54) is 34.3 Å². The number of anilines is 1. The summed E-state index contributed by atoms with van der Waals surface area (Å²) in [6, 6.07) is 4.95. The number of carbonyl (C=O) groups excluding carboxylic acids is 2. The van der Waals surface area contributed by atoms with E-state index < -0.39 is 52.8 Å². The standard InChI is InChI=1S/C24H28F3N7O3.C14H16F2N4O.C10H13ClFN3O2.C6H13NO2.C4HCl2FN2.2H2S/c25-18-13-17(14-19(26)15-18)21-1-2-29-34(21)24(35)33-5-3-32(4-6-33)23-28-16-20(27)22(30-23)37-12-9-31-7-10-36-11-8-31;15-11-7-10(8-12(16)9-11)13-1-2-18-20(13)14(21)19-5-3-17-4-6-19;11-10-13-7-8(12)9(14-10)17-6-3-15-1-4-16-5-2-15;8-4-1-7-2-5-9-6-3-7;5-3-2(7)1-8-4(6)9-3;;/h2,13-16,21H,1,3-12H2;2,7-9,13,17H,1,3-6H2;7H,1-6H2;8H,1-6H2;1H;2*1H2/t21-;13-;;;;;/m00...../s1. The van der Waals surface area contributed by atoms with Crippen LogP contribution in [-0.4, -0.2) is 265 Å². The van der Waals surface area contributed by atoms with Crippen LogP contribution in [0.25, 0.3) is 0 Å². The number of nitrogens with zero attached hydrogens (tertiary/aromatic N) is 16. The van der Waals surface area contributed by atoms with Crippen LogP contribution in [0.4, 0.5) is 46.3 Å². The Morgan fingerprint density at radius 3 is 1.35 bits per heavy atom. The van der Waals surface area contributed by atoms with Crippen LogP contribution < -0.4 is 19.7 Å². The van der Waals surface area contributed by atoms with Gasteiger partial charge in [0.1, 0.15) is 36.5 Å². The van der Waals surface area contributed by atoms with Gasteiger partial charge < -0.3 is 48.8 Å². The van der Waals surface area contributed by atoms with E-state index in [1.54, 1.807) is 22.2 Å². The molecule has 25 nitrogen and oxygen atoms in total. The Morgan fingerprint density at radius 1 is 0.516 bits per heavy atom. The molecule has 522 valence electrons. The summed E-state index contributed by atoms with van der Waals surface area (Å²) in [5.41, 5.74) is 0.774. The van der Waals surface area contributed by atoms with Gasteiger partial charge in [0.2, 0.25) is 28.1 Å². The van der Waals surface area contributed by atoms with Gasteiger partial charge >= 0.3 is 12.1 Å². The number of β-amino-alcohol motifs (C(OH)–C–C–N with tert-alkyl or cyclic N) is 1. The Bertz CT molecular complexity index is 3220. The van der Waals surface area contributed by atoms with E-state index in [4.69, 9.17) is 63.6 Å². The Labute approximate surface area is 573 Å².